The fraction of sp³-hybridized carbons (Fsp3) is 0.267. The molecule has 1 aromatic carbocycles. The zero-order chi connectivity index (χ0) is 14.5. The number of aryl methyl sites for hydroxylation is 2. The van der Waals surface area contributed by atoms with E-state index in [-0.39, 0.29) is 5.56 Å². The molecule has 0 aliphatic heterocycles. The van der Waals surface area contributed by atoms with Crippen LogP contribution >= 0.6 is 11.6 Å². The van der Waals surface area contributed by atoms with Gasteiger partial charge in [0.15, 0.2) is 0 Å². The Balaban J connectivity index is 1.89. The van der Waals surface area contributed by atoms with E-state index >= 15 is 0 Å². The summed E-state index contributed by atoms with van der Waals surface area (Å²) < 4.78 is 7.27. The second-order valence-electron chi connectivity index (χ2n) is 4.61. The Morgan fingerprint density at radius 2 is 2.10 bits per heavy atom. The predicted molar refractivity (Wildman–Crippen MR) is 81.4 cm³/mol. The predicted octanol–water partition coefficient (Wildman–Crippen LogP) is 2.86. The van der Waals surface area contributed by atoms with Crippen LogP contribution in [0.1, 0.15) is 12.0 Å². The molecule has 0 aliphatic carbocycles. The van der Waals surface area contributed by atoms with Gasteiger partial charge in [0.05, 0.1) is 6.61 Å². The Morgan fingerprint density at radius 1 is 1.30 bits per heavy atom. The van der Waals surface area contributed by atoms with Gasteiger partial charge < -0.3 is 15.0 Å². The van der Waals surface area contributed by atoms with Crippen molar-refractivity contribution in [1.29, 1.82) is 0 Å². The molecule has 0 radical (unpaired) electrons. The topological polar surface area (TPSA) is 57.2 Å². The van der Waals surface area contributed by atoms with E-state index in [1.165, 1.54) is 6.07 Å². The molecule has 0 unspecified atom stereocenters. The van der Waals surface area contributed by atoms with E-state index in [1.54, 1.807) is 22.9 Å². The number of ether oxygens (including phenoxy) is 1. The quantitative estimate of drug-likeness (QED) is 0.862. The van der Waals surface area contributed by atoms with Gasteiger partial charge in [-0.25, -0.2) is 0 Å². The molecule has 0 atom stereocenters. The number of rotatable bonds is 5. The molecule has 106 valence electrons. The summed E-state index contributed by atoms with van der Waals surface area (Å²) in [6.45, 7) is 3.06. The molecule has 2 rings (SSSR count). The summed E-state index contributed by atoms with van der Waals surface area (Å²) >= 11 is 5.92. The number of hydrogen-bond donors (Lipinski definition) is 1. The summed E-state index contributed by atoms with van der Waals surface area (Å²) in [7, 11) is 0. The largest absolute Gasteiger partial charge is 0.493 e. The fourth-order valence-electron chi connectivity index (χ4n) is 1.87. The molecule has 20 heavy (non-hydrogen) atoms. The van der Waals surface area contributed by atoms with Gasteiger partial charge in [-0.1, -0.05) is 17.7 Å². The van der Waals surface area contributed by atoms with Crippen LogP contribution in [0.3, 0.4) is 0 Å². The van der Waals surface area contributed by atoms with Crippen LogP contribution in [-0.2, 0) is 6.54 Å². The Morgan fingerprint density at radius 3 is 2.90 bits per heavy atom. The first-order chi connectivity index (χ1) is 9.56. The third-order valence-electron chi connectivity index (χ3n) is 2.96. The molecular weight excluding hydrogens is 276 g/mol. The summed E-state index contributed by atoms with van der Waals surface area (Å²) in [4.78, 5) is 11.6. The molecule has 1 aromatic heterocycles. The van der Waals surface area contributed by atoms with Gasteiger partial charge in [-0.15, -0.1) is 0 Å². The lowest BCUT2D eigenvalue weighted by Crippen LogP contribution is -2.20. The molecule has 0 fully saturated rings. The third kappa shape index (κ3) is 3.78. The number of pyridine rings is 1. The van der Waals surface area contributed by atoms with Gasteiger partial charge >= 0.3 is 0 Å². The minimum Gasteiger partial charge on any atom is -0.493 e. The van der Waals surface area contributed by atoms with Crippen LogP contribution in [0.4, 0.5) is 5.69 Å². The van der Waals surface area contributed by atoms with Gasteiger partial charge in [-0.2, -0.15) is 0 Å². The molecule has 2 aromatic rings. The Labute approximate surface area is 122 Å². The van der Waals surface area contributed by atoms with Crippen molar-refractivity contribution in [3.8, 4) is 5.75 Å². The minimum atomic E-state index is -0.0573. The lowest BCUT2D eigenvalue weighted by Gasteiger charge is -2.10. The van der Waals surface area contributed by atoms with Gasteiger partial charge in [-0.05, 0) is 37.1 Å². The van der Waals surface area contributed by atoms with Crippen molar-refractivity contribution >= 4 is 17.3 Å². The average Bonchev–Trinajstić information content (AvgIpc) is 2.42. The number of anilines is 1. The van der Waals surface area contributed by atoms with Gasteiger partial charge in [0.2, 0.25) is 0 Å². The molecule has 4 nitrogen and oxygen atoms in total. The SMILES string of the molecule is Cc1ccc(Cl)cc1OCCCn1cc(N)ccc1=O. The first-order valence-electron chi connectivity index (χ1n) is 6.41. The van der Waals surface area contributed by atoms with Crippen LogP contribution in [0, 0.1) is 6.92 Å². The van der Waals surface area contributed by atoms with Crippen molar-refractivity contribution in [3.63, 3.8) is 0 Å². The molecule has 0 saturated heterocycles. The first kappa shape index (κ1) is 14.5. The highest BCUT2D eigenvalue weighted by molar-refractivity contribution is 6.30. The number of benzene rings is 1. The van der Waals surface area contributed by atoms with Crippen LogP contribution in [0.5, 0.6) is 5.75 Å². The monoisotopic (exact) mass is 292 g/mol. The smallest absolute Gasteiger partial charge is 0.250 e. The fourth-order valence-corrected chi connectivity index (χ4v) is 2.03. The molecular formula is C15H17ClN2O2. The summed E-state index contributed by atoms with van der Waals surface area (Å²) in [5, 5.41) is 0.651. The zero-order valence-electron chi connectivity index (χ0n) is 11.3. The second kappa shape index (κ2) is 6.48. The van der Waals surface area contributed by atoms with E-state index in [0.29, 0.717) is 23.9 Å². The summed E-state index contributed by atoms with van der Waals surface area (Å²) in [6.07, 6.45) is 2.36. The highest BCUT2D eigenvalue weighted by atomic mass is 35.5. The standard InChI is InChI=1S/C15H17ClN2O2/c1-11-3-4-12(16)9-14(11)20-8-2-7-18-10-13(17)5-6-15(18)19/h3-6,9-10H,2,7-8,17H2,1H3. The van der Waals surface area contributed by atoms with Gasteiger partial charge in [0, 0.05) is 29.5 Å². The van der Waals surface area contributed by atoms with Crippen LogP contribution in [0.25, 0.3) is 0 Å². The molecule has 0 bridgehead atoms. The van der Waals surface area contributed by atoms with Crippen molar-refractivity contribution in [3.05, 3.63) is 57.5 Å². The van der Waals surface area contributed by atoms with E-state index in [0.717, 1.165) is 17.7 Å². The number of nitrogens with zero attached hydrogens (tertiary/aromatic N) is 1. The first-order valence-corrected chi connectivity index (χ1v) is 6.79. The third-order valence-corrected chi connectivity index (χ3v) is 3.19. The van der Waals surface area contributed by atoms with E-state index in [9.17, 15) is 4.79 Å². The average molecular weight is 293 g/mol. The van der Waals surface area contributed by atoms with Crippen molar-refractivity contribution in [1.82, 2.24) is 4.57 Å². The maximum Gasteiger partial charge on any atom is 0.250 e. The number of nitrogens with two attached hydrogens (primary N) is 1. The van der Waals surface area contributed by atoms with Gasteiger partial charge in [-0.3, -0.25) is 4.79 Å². The second-order valence-corrected chi connectivity index (χ2v) is 5.04. The number of aromatic nitrogens is 1. The van der Waals surface area contributed by atoms with E-state index < -0.39 is 0 Å². The molecule has 0 aliphatic rings. The van der Waals surface area contributed by atoms with E-state index in [4.69, 9.17) is 22.1 Å². The van der Waals surface area contributed by atoms with Crippen LogP contribution in [0.2, 0.25) is 5.02 Å². The Kier molecular flexibility index (Phi) is 4.69. The van der Waals surface area contributed by atoms with Crippen LogP contribution in [0.15, 0.2) is 41.3 Å². The lowest BCUT2D eigenvalue weighted by molar-refractivity contribution is 0.299. The lowest BCUT2D eigenvalue weighted by atomic mass is 10.2. The van der Waals surface area contributed by atoms with E-state index in [1.807, 2.05) is 19.1 Å². The molecule has 0 amide bonds. The number of halogens is 1. The van der Waals surface area contributed by atoms with Crippen molar-refractivity contribution in [2.45, 2.75) is 19.9 Å². The van der Waals surface area contributed by atoms with Crippen molar-refractivity contribution in [2.24, 2.45) is 0 Å². The minimum absolute atomic E-state index is 0.0573. The van der Waals surface area contributed by atoms with E-state index in [2.05, 4.69) is 0 Å². The Hall–Kier alpha value is -1.94. The normalized spacial score (nSPS) is 10.5. The molecule has 0 saturated carbocycles. The maximum absolute atomic E-state index is 11.6. The van der Waals surface area contributed by atoms with Crippen LogP contribution in [-0.4, -0.2) is 11.2 Å². The maximum atomic E-state index is 11.6. The number of nitrogen functional groups attached to an aromatic ring is 1. The molecule has 5 heteroatoms. The summed E-state index contributed by atoms with van der Waals surface area (Å²) in [5.41, 5.74) is 7.21. The van der Waals surface area contributed by atoms with Crippen LogP contribution < -0.4 is 16.0 Å². The van der Waals surface area contributed by atoms with Crippen molar-refractivity contribution < 1.29 is 4.74 Å². The summed E-state index contributed by atoms with van der Waals surface area (Å²) in [5.74, 6) is 0.775. The number of hydrogen-bond acceptors (Lipinski definition) is 3. The molecule has 1 heterocycles. The van der Waals surface area contributed by atoms with Gasteiger partial charge in [0.25, 0.3) is 5.56 Å². The van der Waals surface area contributed by atoms with Crippen molar-refractivity contribution in [2.75, 3.05) is 12.3 Å². The van der Waals surface area contributed by atoms with Gasteiger partial charge in [0.1, 0.15) is 5.75 Å². The molecule has 2 N–H and O–H groups in total. The summed E-state index contributed by atoms with van der Waals surface area (Å²) in [6, 6.07) is 8.61. The zero-order valence-corrected chi connectivity index (χ0v) is 12.1. The Bertz CT molecular complexity index is 653. The highest BCUT2D eigenvalue weighted by Crippen LogP contribution is 2.22. The highest BCUT2D eigenvalue weighted by Gasteiger charge is 2.01. The molecule has 0 spiro atoms.